The average molecular weight is 1310 g/mol. The molecule has 0 saturated heterocycles. The van der Waals surface area contributed by atoms with E-state index >= 15 is 35.1 Å². The number of rotatable bonds is 13. The van der Waals surface area contributed by atoms with Gasteiger partial charge in [0.05, 0.1) is 0 Å². The van der Waals surface area contributed by atoms with Crippen molar-refractivity contribution in [1.82, 2.24) is 0 Å². The van der Waals surface area contributed by atoms with Gasteiger partial charge in [0.15, 0.2) is 87.2 Å². The third-order valence-corrected chi connectivity index (χ3v) is 20.0. The fraction of sp³-hybridized carbons (Fsp3) is 0.0500. The molecule has 0 N–H and O–H groups in total. The van der Waals surface area contributed by atoms with E-state index in [0.29, 0.717) is 16.7 Å². The van der Waals surface area contributed by atoms with E-state index in [2.05, 4.69) is 34.3 Å². The Hall–Kier alpha value is -8.34. The van der Waals surface area contributed by atoms with Crippen LogP contribution in [0.1, 0.15) is 51.8 Å². The zero-order valence-electron chi connectivity index (χ0n) is 43.9. The highest BCUT2D eigenvalue weighted by atomic mass is 32.3. The predicted molar refractivity (Wildman–Crippen MR) is 291 cm³/mol. The molecule has 0 aliphatic carbocycles. The quantitative estimate of drug-likeness (QED) is 0.0289. The first kappa shape index (κ1) is 64.1. The first-order valence-electron chi connectivity index (χ1n) is 24.5. The molecule has 0 atom stereocenters. The number of thiophene rings is 3. The molecule has 0 aliphatic heterocycles. The average Bonchev–Trinajstić information content (AvgIpc) is 0.792. The largest absolute Gasteiger partial charge is 0.295 e. The molecule has 7 aromatic carbocycles. The van der Waals surface area contributed by atoms with Crippen molar-refractivity contribution in [2.45, 2.75) is 33.4 Å². The van der Waals surface area contributed by atoms with Gasteiger partial charge in [0.25, 0.3) is 0 Å². The molecular formula is C60H27BF20O3S4. The molecule has 10 rings (SSSR count). The number of hydrogen-bond acceptors (Lipinski definition) is 6. The Balaban J connectivity index is 0.000000210. The molecule has 10 aromatic rings. The highest BCUT2D eigenvalue weighted by Crippen LogP contribution is 2.45. The van der Waals surface area contributed by atoms with E-state index in [0.717, 1.165) is 33.4 Å². The normalized spacial score (nSPS) is 11.6. The van der Waals surface area contributed by atoms with Gasteiger partial charge in [0, 0.05) is 51.0 Å². The topological polar surface area (TPSA) is 51.2 Å². The van der Waals surface area contributed by atoms with Crippen molar-refractivity contribution in [3.05, 3.63) is 240 Å². The summed E-state index contributed by atoms with van der Waals surface area (Å²) in [7, 11) is -0.315. The Labute approximate surface area is 497 Å². The zero-order valence-corrected chi connectivity index (χ0v) is 47.2. The Morgan fingerprint density at radius 1 is 0.273 bits per heavy atom. The van der Waals surface area contributed by atoms with Crippen LogP contribution < -0.4 is 21.9 Å². The van der Waals surface area contributed by atoms with Crippen LogP contribution in [-0.4, -0.2) is 23.5 Å². The highest BCUT2D eigenvalue weighted by molar-refractivity contribution is 8.02. The van der Waals surface area contributed by atoms with E-state index in [1.165, 1.54) is 12.6 Å². The minimum atomic E-state index is -7.22. The van der Waals surface area contributed by atoms with Gasteiger partial charge < -0.3 is 0 Å². The lowest BCUT2D eigenvalue weighted by molar-refractivity contribution is 0.100. The van der Waals surface area contributed by atoms with Crippen LogP contribution in [0.3, 0.4) is 0 Å². The van der Waals surface area contributed by atoms with Crippen molar-refractivity contribution in [3.63, 3.8) is 0 Å². The zero-order chi connectivity index (χ0) is 64.4. The van der Waals surface area contributed by atoms with Crippen LogP contribution in [0.4, 0.5) is 87.8 Å². The van der Waals surface area contributed by atoms with E-state index in [1.54, 1.807) is 54.8 Å². The maximum Gasteiger partial charge on any atom is 0.222 e. The smallest absolute Gasteiger partial charge is 0.222 e. The maximum atomic E-state index is 15.4. The number of carbonyl (C=O) groups is 3. The lowest BCUT2D eigenvalue weighted by Crippen LogP contribution is -2.81. The van der Waals surface area contributed by atoms with Crippen molar-refractivity contribution in [2.75, 3.05) is 0 Å². The highest BCUT2D eigenvalue weighted by Gasteiger charge is 2.52. The first-order chi connectivity index (χ1) is 41.5. The summed E-state index contributed by atoms with van der Waals surface area (Å²) in [5.74, 6) is -71.2. The summed E-state index contributed by atoms with van der Waals surface area (Å²) in [6, 6.07) is 30.3. The van der Waals surface area contributed by atoms with Gasteiger partial charge in [-0.15, -0.1) is 21.9 Å². The van der Waals surface area contributed by atoms with Crippen LogP contribution in [0.15, 0.2) is 120 Å². The van der Waals surface area contributed by atoms with Crippen molar-refractivity contribution in [2.24, 2.45) is 0 Å². The Morgan fingerprint density at radius 2 is 0.443 bits per heavy atom. The molecule has 0 unspecified atom stereocenters. The second-order valence-electron chi connectivity index (χ2n) is 19.0. The van der Waals surface area contributed by atoms with Gasteiger partial charge in [0.2, 0.25) is 12.6 Å². The fourth-order valence-electron chi connectivity index (χ4n) is 9.59. The van der Waals surface area contributed by atoms with Crippen molar-refractivity contribution in [3.8, 4) is 33.4 Å². The summed E-state index contributed by atoms with van der Waals surface area (Å²) in [6.07, 6.45) is -7.22. The van der Waals surface area contributed by atoms with Gasteiger partial charge in [0.1, 0.15) is 63.6 Å². The lowest BCUT2D eigenvalue weighted by atomic mass is 9.12. The molecule has 88 heavy (non-hydrogen) atoms. The molecule has 28 heteroatoms. The first-order valence-corrected chi connectivity index (χ1v) is 28.4. The van der Waals surface area contributed by atoms with Crippen LogP contribution in [-0.2, 0) is 10.9 Å². The molecule has 3 aromatic heterocycles. The van der Waals surface area contributed by atoms with E-state index < -0.39 is 144 Å². The standard InChI is InChI=1S/C36H27O3S4.C24BF20/c1-22(37)25-4-10-28(11-5-25)31-16-34(40-19-31)43(35-17-32(20-41-35)29-12-6-26(7-13-29)23(2)38)36-18-33(21-42-36)30-14-8-27(9-15-30)24(3)39;26-5-1(6(27)14(35)21(42)13(5)34)25(2-7(28)15(36)22(43)16(37)8(2)29,3-9(30)17(38)23(44)18(39)10(3)31)4-11(32)19(40)24(45)20(41)12(4)33/h4-21H,1-3H3;/q+1;-1. The number of carbonyl (C=O) groups excluding carboxylic acids is 3. The Morgan fingerprint density at radius 3 is 0.614 bits per heavy atom. The summed E-state index contributed by atoms with van der Waals surface area (Å²) in [5.41, 5.74) is -5.51. The van der Waals surface area contributed by atoms with Crippen LogP contribution in [0, 0.1) is 116 Å². The third kappa shape index (κ3) is 10.9. The molecule has 0 radical (unpaired) electrons. The minimum absolute atomic E-state index is 0.0629. The summed E-state index contributed by atoms with van der Waals surface area (Å²) in [4.78, 5) is 35.3. The molecule has 452 valence electrons. The SMILES string of the molecule is CC(=O)c1ccc(-c2csc([S+](c3cc(-c4ccc(C(C)=O)cc4)cs3)c3cc(-c4ccc(C(C)=O)cc4)cs3)c2)cc1.Fc1c(F)c(F)c([B-](c2c(F)c(F)c(F)c(F)c2F)(c2c(F)c(F)c(F)c(F)c2F)c2c(F)c(F)c(F)c(F)c2F)c(F)c1F. The van der Waals surface area contributed by atoms with Gasteiger partial charge in [-0.3, -0.25) is 14.4 Å². The molecule has 0 fully saturated rings. The predicted octanol–water partition coefficient (Wildman–Crippen LogP) is 16.4. The van der Waals surface area contributed by atoms with E-state index in [1.807, 2.05) is 72.8 Å². The maximum absolute atomic E-state index is 15.4. The van der Waals surface area contributed by atoms with Crippen LogP contribution >= 0.6 is 34.0 Å². The van der Waals surface area contributed by atoms with Gasteiger partial charge >= 0.3 is 0 Å². The molecular weight excluding hydrogens is 1290 g/mol. The molecule has 0 bridgehead atoms. The van der Waals surface area contributed by atoms with Crippen LogP contribution in [0.2, 0.25) is 0 Å². The number of ketones is 3. The molecule has 0 aliphatic rings. The summed E-state index contributed by atoms with van der Waals surface area (Å²) >= 11 is 5.27. The number of hydrogen-bond donors (Lipinski definition) is 0. The fourth-order valence-corrected chi connectivity index (χ4v) is 16.5. The number of benzene rings is 7. The van der Waals surface area contributed by atoms with Crippen LogP contribution in [0.25, 0.3) is 33.4 Å². The van der Waals surface area contributed by atoms with Crippen molar-refractivity contribution in [1.29, 1.82) is 0 Å². The molecule has 0 amide bonds. The molecule has 3 nitrogen and oxygen atoms in total. The van der Waals surface area contributed by atoms with E-state index in [9.17, 15) is 67.1 Å². The molecule has 3 heterocycles. The second-order valence-corrected chi connectivity index (χ2v) is 24.4. The summed E-state index contributed by atoms with van der Waals surface area (Å²) in [5, 5.41) is 6.59. The molecule has 0 saturated carbocycles. The Bertz CT molecular complexity index is 3880. The second kappa shape index (κ2) is 24.7. The van der Waals surface area contributed by atoms with Crippen molar-refractivity contribution < 1.29 is 102 Å². The van der Waals surface area contributed by atoms with Gasteiger partial charge in [-0.2, -0.15) is 0 Å². The van der Waals surface area contributed by atoms with Gasteiger partial charge in [-0.25, -0.2) is 87.8 Å². The summed E-state index contributed by atoms with van der Waals surface area (Å²) < 4.78 is 298. The number of Topliss-reactive ketones (excluding diaryl/α,β-unsaturated/α-hetero) is 3. The number of halogens is 20. The van der Waals surface area contributed by atoms with E-state index in [4.69, 9.17) is 0 Å². The Kier molecular flexibility index (Phi) is 18.0. The van der Waals surface area contributed by atoms with Crippen LogP contribution in [0.5, 0.6) is 0 Å². The minimum Gasteiger partial charge on any atom is -0.295 e. The van der Waals surface area contributed by atoms with Crippen molar-refractivity contribution >= 4 is 90.3 Å². The van der Waals surface area contributed by atoms with Gasteiger partial charge in [-0.05, 0) is 54.2 Å². The van der Waals surface area contributed by atoms with Gasteiger partial charge in [-0.1, -0.05) is 107 Å². The third-order valence-electron chi connectivity index (χ3n) is 13.9. The van der Waals surface area contributed by atoms with E-state index in [-0.39, 0.29) is 28.2 Å². The lowest BCUT2D eigenvalue weighted by Gasteiger charge is -2.44. The molecule has 0 spiro atoms. The monoisotopic (exact) mass is 1310 g/mol. The summed E-state index contributed by atoms with van der Waals surface area (Å²) in [6.45, 7) is 4.76.